The average molecular weight is 326 g/mol. The van der Waals surface area contributed by atoms with E-state index < -0.39 is 0 Å². The van der Waals surface area contributed by atoms with Crippen LogP contribution in [0, 0.1) is 0 Å². The number of amides is 1. The molecule has 0 bridgehead atoms. The first-order valence-corrected chi connectivity index (χ1v) is 8.34. The largest absolute Gasteiger partial charge is 0.496 e. The molecule has 0 aliphatic heterocycles. The maximum atomic E-state index is 12.3. The molecule has 0 spiro atoms. The summed E-state index contributed by atoms with van der Waals surface area (Å²) in [7, 11) is 1.63. The van der Waals surface area contributed by atoms with Crippen LogP contribution >= 0.6 is 0 Å². The highest BCUT2D eigenvalue weighted by Gasteiger charge is 2.16. The Labute approximate surface area is 141 Å². The lowest BCUT2D eigenvalue weighted by Crippen LogP contribution is -2.32. The molecule has 1 aromatic heterocycles. The molecular formula is C19H22N2O3. The van der Waals surface area contributed by atoms with Gasteiger partial charge in [-0.1, -0.05) is 18.2 Å². The highest BCUT2D eigenvalue weighted by molar-refractivity contribution is 5.94. The third kappa shape index (κ3) is 3.50. The van der Waals surface area contributed by atoms with Crippen LogP contribution in [0.1, 0.15) is 40.0 Å². The predicted molar refractivity (Wildman–Crippen MR) is 92.7 cm³/mol. The van der Waals surface area contributed by atoms with Gasteiger partial charge in [0, 0.05) is 12.2 Å². The van der Waals surface area contributed by atoms with Gasteiger partial charge in [0.05, 0.1) is 7.11 Å². The summed E-state index contributed by atoms with van der Waals surface area (Å²) in [6.07, 6.45) is 4.66. The third-order valence-corrected chi connectivity index (χ3v) is 4.46. The number of aryl methyl sites for hydroxylation is 2. The fourth-order valence-corrected chi connectivity index (χ4v) is 3.16. The van der Waals surface area contributed by atoms with Crippen molar-refractivity contribution >= 4 is 5.91 Å². The van der Waals surface area contributed by atoms with E-state index in [0.717, 1.165) is 48.3 Å². The van der Waals surface area contributed by atoms with Gasteiger partial charge in [-0.25, -0.2) is 0 Å². The standard InChI is InChI=1S/C19H22N2O3/c1-24-17-9-5-3-6-13(17)10-11-20-18(22)15-12-14-7-2-4-8-16(14)21-19(15)23/h3,5-6,9,12H,2,4,7-8,10-11H2,1H3,(H,20,22)(H,21,23). The lowest BCUT2D eigenvalue weighted by molar-refractivity contribution is 0.0952. The first-order chi connectivity index (χ1) is 11.7. The van der Waals surface area contributed by atoms with Crippen LogP contribution in [-0.2, 0) is 19.3 Å². The molecule has 2 aromatic rings. The Kier molecular flexibility index (Phi) is 4.99. The summed E-state index contributed by atoms with van der Waals surface area (Å²) in [5.74, 6) is 0.484. The van der Waals surface area contributed by atoms with Gasteiger partial charge in [-0.3, -0.25) is 9.59 Å². The van der Waals surface area contributed by atoms with Crippen LogP contribution in [-0.4, -0.2) is 24.5 Å². The summed E-state index contributed by atoms with van der Waals surface area (Å²) in [6.45, 7) is 0.454. The second-order valence-electron chi connectivity index (χ2n) is 6.04. The number of para-hydroxylation sites is 1. The minimum Gasteiger partial charge on any atom is -0.496 e. The molecule has 1 aliphatic carbocycles. The molecule has 126 valence electrons. The molecule has 1 aromatic carbocycles. The zero-order valence-corrected chi connectivity index (χ0v) is 13.9. The molecule has 1 amide bonds. The Bertz CT molecular complexity index is 795. The molecule has 24 heavy (non-hydrogen) atoms. The molecule has 1 aliphatic rings. The Morgan fingerprint density at radius 1 is 1.25 bits per heavy atom. The molecule has 3 rings (SSSR count). The first-order valence-electron chi connectivity index (χ1n) is 8.34. The van der Waals surface area contributed by atoms with Crippen LogP contribution in [0.15, 0.2) is 35.1 Å². The number of aromatic nitrogens is 1. The van der Waals surface area contributed by atoms with Crippen LogP contribution < -0.4 is 15.6 Å². The Morgan fingerprint density at radius 2 is 2.04 bits per heavy atom. The highest BCUT2D eigenvalue weighted by Crippen LogP contribution is 2.19. The van der Waals surface area contributed by atoms with Gasteiger partial charge >= 0.3 is 0 Å². The van der Waals surface area contributed by atoms with Crippen LogP contribution in [0.5, 0.6) is 5.75 Å². The van der Waals surface area contributed by atoms with Gasteiger partial charge in [-0.05, 0) is 55.4 Å². The van der Waals surface area contributed by atoms with E-state index in [1.165, 1.54) is 0 Å². The predicted octanol–water partition coefficient (Wildman–Crippen LogP) is 2.23. The van der Waals surface area contributed by atoms with Crippen LogP contribution in [0.25, 0.3) is 0 Å². The number of carbonyl (C=O) groups is 1. The van der Waals surface area contributed by atoms with Crippen LogP contribution in [0.4, 0.5) is 0 Å². The van der Waals surface area contributed by atoms with Crippen molar-refractivity contribution < 1.29 is 9.53 Å². The van der Waals surface area contributed by atoms with Crippen molar-refractivity contribution in [2.45, 2.75) is 32.1 Å². The normalized spacial score (nSPS) is 13.2. The van der Waals surface area contributed by atoms with Crippen LogP contribution in [0.3, 0.4) is 0 Å². The minimum absolute atomic E-state index is 0.204. The van der Waals surface area contributed by atoms with E-state index in [4.69, 9.17) is 4.74 Å². The van der Waals surface area contributed by atoms with Gasteiger partial charge in [0.15, 0.2) is 0 Å². The second kappa shape index (κ2) is 7.34. The summed E-state index contributed by atoms with van der Waals surface area (Å²) in [5.41, 5.74) is 3.01. The number of aromatic amines is 1. The third-order valence-electron chi connectivity index (χ3n) is 4.46. The van der Waals surface area contributed by atoms with E-state index in [-0.39, 0.29) is 17.0 Å². The fourth-order valence-electron chi connectivity index (χ4n) is 3.16. The van der Waals surface area contributed by atoms with Crippen molar-refractivity contribution in [3.8, 4) is 5.75 Å². The van der Waals surface area contributed by atoms with Crippen LogP contribution in [0.2, 0.25) is 0 Å². The molecular weight excluding hydrogens is 304 g/mol. The summed E-state index contributed by atoms with van der Waals surface area (Å²) in [5, 5.41) is 2.83. The van der Waals surface area contributed by atoms with Crippen molar-refractivity contribution in [2.75, 3.05) is 13.7 Å². The Morgan fingerprint density at radius 3 is 2.88 bits per heavy atom. The molecule has 2 N–H and O–H groups in total. The zero-order chi connectivity index (χ0) is 16.9. The monoisotopic (exact) mass is 326 g/mol. The maximum Gasteiger partial charge on any atom is 0.261 e. The molecule has 5 heteroatoms. The molecule has 0 unspecified atom stereocenters. The second-order valence-corrected chi connectivity index (χ2v) is 6.04. The molecule has 5 nitrogen and oxygen atoms in total. The van der Waals surface area contributed by atoms with Gasteiger partial charge in [0.25, 0.3) is 11.5 Å². The smallest absolute Gasteiger partial charge is 0.261 e. The van der Waals surface area contributed by atoms with Gasteiger partial charge < -0.3 is 15.0 Å². The topological polar surface area (TPSA) is 71.2 Å². The van der Waals surface area contributed by atoms with Gasteiger partial charge in [-0.2, -0.15) is 0 Å². The SMILES string of the molecule is COc1ccccc1CCNC(=O)c1cc2c([nH]c1=O)CCCC2. The maximum absolute atomic E-state index is 12.3. The van der Waals surface area contributed by atoms with Gasteiger partial charge in [0.1, 0.15) is 11.3 Å². The van der Waals surface area contributed by atoms with Gasteiger partial charge in [0.2, 0.25) is 0 Å². The summed E-state index contributed by atoms with van der Waals surface area (Å²) < 4.78 is 5.30. The number of nitrogens with one attached hydrogen (secondary N) is 2. The first kappa shape index (κ1) is 16.3. The number of rotatable bonds is 5. The zero-order valence-electron chi connectivity index (χ0n) is 13.9. The molecule has 0 radical (unpaired) electrons. The molecule has 0 saturated carbocycles. The number of pyridine rings is 1. The van der Waals surface area contributed by atoms with Crippen molar-refractivity contribution in [3.63, 3.8) is 0 Å². The van der Waals surface area contributed by atoms with Crippen molar-refractivity contribution in [1.82, 2.24) is 10.3 Å². The number of carbonyl (C=O) groups excluding carboxylic acids is 1. The quantitative estimate of drug-likeness (QED) is 0.885. The molecule has 1 heterocycles. The van der Waals surface area contributed by atoms with Crippen molar-refractivity contribution in [3.05, 3.63) is 63.1 Å². The van der Waals surface area contributed by atoms with Gasteiger partial charge in [-0.15, -0.1) is 0 Å². The van der Waals surface area contributed by atoms with E-state index in [0.29, 0.717) is 13.0 Å². The average Bonchev–Trinajstić information content (AvgIpc) is 2.61. The van der Waals surface area contributed by atoms with E-state index in [1.54, 1.807) is 13.2 Å². The highest BCUT2D eigenvalue weighted by atomic mass is 16.5. The van der Waals surface area contributed by atoms with E-state index in [9.17, 15) is 9.59 Å². The lowest BCUT2D eigenvalue weighted by atomic mass is 9.95. The molecule has 0 atom stereocenters. The number of hydrogen-bond donors (Lipinski definition) is 2. The number of methoxy groups -OCH3 is 1. The number of benzene rings is 1. The molecule has 0 fully saturated rings. The minimum atomic E-state index is -0.320. The number of hydrogen-bond acceptors (Lipinski definition) is 3. The number of ether oxygens (including phenoxy) is 1. The lowest BCUT2D eigenvalue weighted by Gasteiger charge is -2.16. The summed E-state index contributed by atoms with van der Waals surface area (Å²) in [4.78, 5) is 27.3. The van der Waals surface area contributed by atoms with E-state index in [2.05, 4.69) is 10.3 Å². The molecule has 0 saturated heterocycles. The van der Waals surface area contributed by atoms with E-state index in [1.807, 2.05) is 24.3 Å². The van der Waals surface area contributed by atoms with E-state index >= 15 is 0 Å². The fraction of sp³-hybridized carbons (Fsp3) is 0.368. The number of H-pyrrole nitrogens is 1. The van der Waals surface area contributed by atoms with Crippen molar-refractivity contribution in [1.29, 1.82) is 0 Å². The van der Waals surface area contributed by atoms with Crippen molar-refractivity contribution in [2.24, 2.45) is 0 Å². The Hall–Kier alpha value is -2.56. The number of fused-ring (bicyclic) bond motifs is 1. The summed E-state index contributed by atoms with van der Waals surface area (Å²) >= 11 is 0. The Balaban J connectivity index is 1.66. The summed E-state index contributed by atoms with van der Waals surface area (Å²) in [6, 6.07) is 9.47.